The molecule has 2 bridgehead atoms. The van der Waals surface area contributed by atoms with E-state index >= 15 is 0 Å². The summed E-state index contributed by atoms with van der Waals surface area (Å²) in [7, 11) is 0. The van der Waals surface area contributed by atoms with E-state index < -0.39 is 17.6 Å². The third-order valence-corrected chi connectivity index (χ3v) is 6.56. The summed E-state index contributed by atoms with van der Waals surface area (Å²) in [5.74, 6) is -0.410. The third-order valence-electron chi connectivity index (χ3n) is 6.56. The molecule has 2 aliphatic heterocycles. The van der Waals surface area contributed by atoms with E-state index in [-0.39, 0.29) is 41.0 Å². The number of pyridine rings is 1. The van der Waals surface area contributed by atoms with Crippen LogP contribution in [0.1, 0.15) is 40.7 Å². The van der Waals surface area contributed by atoms with Crippen LogP contribution in [0, 0.1) is 12.7 Å². The molecule has 1 amide bonds. The second-order valence-corrected chi connectivity index (χ2v) is 8.61. The minimum atomic E-state index is -4.45. The van der Waals surface area contributed by atoms with Crippen molar-refractivity contribution in [2.24, 2.45) is 0 Å². The number of nitrogens with one attached hydrogen (secondary N) is 1. The van der Waals surface area contributed by atoms with Crippen molar-refractivity contribution in [3.8, 4) is 11.4 Å². The lowest BCUT2D eigenvalue weighted by molar-refractivity contribution is -0.137. The van der Waals surface area contributed by atoms with Crippen molar-refractivity contribution < 1.29 is 22.4 Å². The number of anilines is 1. The molecule has 176 valence electrons. The molecule has 0 aliphatic carbocycles. The van der Waals surface area contributed by atoms with Crippen molar-refractivity contribution in [1.29, 1.82) is 0 Å². The van der Waals surface area contributed by atoms with Crippen LogP contribution < -0.4 is 5.32 Å². The molecule has 5 rings (SSSR count). The summed E-state index contributed by atoms with van der Waals surface area (Å²) in [6, 6.07) is 6.34. The molecule has 6 nitrogen and oxygen atoms in total. The van der Waals surface area contributed by atoms with Gasteiger partial charge in [-0.2, -0.15) is 13.2 Å². The Kier molecular flexibility index (Phi) is 5.45. The second kappa shape index (κ2) is 8.34. The summed E-state index contributed by atoms with van der Waals surface area (Å²) < 4.78 is 53.4. The number of rotatable bonds is 4. The van der Waals surface area contributed by atoms with Crippen LogP contribution in [0.3, 0.4) is 0 Å². The first-order valence-electron chi connectivity index (χ1n) is 10.9. The highest BCUT2D eigenvalue weighted by atomic mass is 19.4. The zero-order valence-corrected chi connectivity index (χ0v) is 18.2. The summed E-state index contributed by atoms with van der Waals surface area (Å²) in [6.07, 6.45) is 1.50. The lowest BCUT2D eigenvalue weighted by atomic mass is 9.95. The van der Waals surface area contributed by atoms with Crippen LogP contribution in [0.15, 0.2) is 48.9 Å². The van der Waals surface area contributed by atoms with Gasteiger partial charge in [0.2, 0.25) is 0 Å². The molecule has 0 unspecified atom stereocenters. The maximum absolute atomic E-state index is 14.9. The first kappa shape index (κ1) is 22.2. The van der Waals surface area contributed by atoms with E-state index in [0.29, 0.717) is 17.8 Å². The highest BCUT2D eigenvalue weighted by molar-refractivity contribution is 6.02. The Bertz CT molecular complexity index is 1220. The predicted octanol–water partition coefficient (Wildman–Crippen LogP) is 4.86. The molecule has 2 aromatic heterocycles. The second-order valence-electron chi connectivity index (χ2n) is 8.61. The van der Waals surface area contributed by atoms with Gasteiger partial charge in [0.15, 0.2) is 5.82 Å². The van der Waals surface area contributed by atoms with Crippen LogP contribution in [0.2, 0.25) is 0 Å². The zero-order valence-electron chi connectivity index (χ0n) is 18.2. The molecule has 10 heteroatoms. The van der Waals surface area contributed by atoms with Gasteiger partial charge in [-0.1, -0.05) is 6.07 Å². The van der Waals surface area contributed by atoms with Gasteiger partial charge in [0.25, 0.3) is 5.91 Å². The van der Waals surface area contributed by atoms with Crippen LogP contribution in [-0.4, -0.2) is 43.9 Å². The Hall–Kier alpha value is -3.56. The number of alkyl halides is 3. The molecular formula is C24H21F4N5O. The quantitative estimate of drug-likeness (QED) is 0.551. The molecular weight excluding hydrogens is 450 g/mol. The van der Waals surface area contributed by atoms with Crippen molar-refractivity contribution in [3.63, 3.8) is 0 Å². The van der Waals surface area contributed by atoms with Gasteiger partial charge >= 0.3 is 6.18 Å². The van der Waals surface area contributed by atoms with E-state index in [4.69, 9.17) is 0 Å². The SMILES string of the molecule is Cc1ccc(F)c(-c2ncccn2)c1C(=O)N1[C@@H]2CC[C@H]1[C@H](Nc1ccc(C(F)(F)F)cn1)C2. The van der Waals surface area contributed by atoms with Gasteiger partial charge in [-0.25, -0.2) is 19.3 Å². The molecule has 1 N–H and O–H groups in total. The maximum Gasteiger partial charge on any atom is 0.417 e. The van der Waals surface area contributed by atoms with Crippen LogP contribution in [0.25, 0.3) is 11.4 Å². The summed E-state index contributed by atoms with van der Waals surface area (Å²) >= 11 is 0. The van der Waals surface area contributed by atoms with Gasteiger partial charge in [0.05, 0.1) is 22.7 Å². The monoisotopic (exact) mass is 471 g/mol. The summed E-state index contributed by atoms with van der Waals surface area (Å²) in [5, 5.41) is 3.19. The lowest BCUT2D eigenvalue weighted by Gasteiger charge is -2.27. The fraction of sp³-hybridized carbons (Fsp3) is 0.333. The van der Waals surface area contributed by atoms with E-state index in [9.17, 15) is 22.4 Å². The number of hydrogen-bond donors (Lipinski definition) is 1. The fourth-order valence-corrected chi connectivity index (χ4v) is 5.03. The first-order chi connectivity index (χ1) is 16.2. The molecule has 34 heavy (non-hydrogen) atoms. The molecule has 2 fully saturated rings. The fourth-order valence-electron chi connectivity index (χ4n) is 5.03. The van der Waals surface area contributed by atoms with E-state index in [1.54, 1.807) is 24.0 Å². The highest BCUT2D eigenvalue weighted by Crippen LogP contribution is 2.41. The van der Waals surface area contributed by atoms with Crippen LogP contribution in [-0.2, 0) is 6.18 Å². The van der Waals surface area contributed by atoms with Crippen molar-refractivity contribution in [2.75, 3.05) is 5.32 Å². The Morgan fingerprint density at radius 2 is 1.85 bits per heavy atom. The number of aryl methyl sites for hydroxylation is 1. The zero-order chi connectivity index (χ0) is 24.0. The molecule has 0 spiro atoms. The summed E-state index contributed by atoms with van der Waals surface area (Å²) in [4.78, 5) is 27.7. The summed E-state index contributed by atoms with van der Waals surface area (Å²) in [5.41, 5.74) is 0.108. The van der Waals surface area contributed by atoms with Gasteiger partial charge in [0, 0.05) is 30.7 Å². The first-order valence-corrected chi connectivity index (χ1v) is 10.9. The Morgan fingerprint density at radius 1 is 1.09 bits per heavy atom. The van der Waals surface area contributed by atoms with Crippen molar-refractivity contribution in [3.05, 3.63) is 71.4 Å². The molecule has 3 aromatic rings. The number of aromatic nitrogens is 3. The number of amides is 1. The van der Waals surface area contributed by atoms with Gasteiger partial charge in [-0.3, -0.25) is 4.79 Å². The number of nitrogens with zero attached hydrogens (tertiary/aromatic N) is 4. The van der Waals surface area contributed by atoms with Crippen molar-refractivity contribution in [2.45, 2.75) is 50.5 Å². The largest absolute Gasteiger partial charge is 0.417 e. The number of fused-ring (bicyclic) bond motifs is 2. The van der Waals surface area contributed by atoms with Crippen LogP contribution in [0.5, 0.6) is 0 Å². The smallest absolute Gasteiger partial charge is 0.365 e. The molecule has 4 heterocycles. The van der Waals surface area contributed by atoms with Crippen LogP contribution >= 0.6 is 0 Å². The van der Waals surface area contributed by atoms with E-state index in [1.165, 1.54) is 24.5 Å². The third kappa shape index (κ3) is 3.86. The number of carbonyl (C=O) groups excluding carboxylic acids is 1. The molecule has 2 saturated heterocycles. The average molecular weight is 471 g/mol. The highest BCUT2D eigenvalue weighted by Gasteiger charge is 2.49. The predicted molar refractivity (Wildman–Crippen MR) is 116 cm³/mol. The van der Waals surface area contributed by atoms with E-state index in [0.717, 1.165) is 25.1 Å². The lowest BCUT2D eigenvalue weighted by Crippen LogP contribution is -2.40. The Morgan fingerprint density at radius 3 is 2.53 bits per heavy atom. The Balaban J connectivity index is 1.42. The number of halogens is 4. The normalized spacial score (nSPS) is 21.7. The van der Waals surface area contributed by atoms with Crippen molar-refractivity contribution >= 4 is 11.7 Å². The molecule has 0 saturated carbocycles. The number of hydrogen-bond acceptors (Lipinski definition) is 5. The Labute approximate surface area is 193 Å². The van der Waals surface area contributed by atoms with Gasteiger partial charge in [-0.05, 0) is 56.0 Å². The molecule has 1 aromatic carbocycles. The minimum Gasteiger partial charge on any atom is -0.365 e. The van der Waals surface area contributed by atoms with Gasteiger partial charge in [-0.15, -0.1) is 0 Å². The standard InChI is InChI=1S/C24H21F4N5O/c1-13-3-6-16(25)21(22-29-9-2-10-30-22)20(13)23(34)33-15-5-7-18(33)17(11-15)32-19-8-4-14(12-31-19)24(26,27)28/h2-4,6,8-10,12,15,17-18H,5,7,11H2,1H3,(H,31,32)/t15-,17-,18+/m1/s1. The van der Waals surface area contributed by atoms with E-state index in [2.05, 4.69) is 20.3 Å². The molecule has 2 aliphatic rings. The average Bonchev–Trinajstić information content (AvgIpc) is 3.38. The number of benzene rings is 1. The maximum atomic E-state index is 14.9. The summed E-state index contributed by atoms with van der Waals surface area (Å²) in [6.45, 7) is 1.75. The van der Waals surface area contributed by atoms with Gasteiger partial charge in [0.1, 0.15) is 11.6 Å². The van der Waals surface area contributed by atoms with Gasteiger partial charge < -0.3 is 10.2 Å². The van der Waals surface area contributed by atoms with Crippen LogP contribution in [0.4, 0.5) is 23.4 Å². The van der Waals surface area contributed by atoms with Crippen molar-refractivity contribution in [1.82, 2.24) is 19.9 Å². The minimum absolute atomic E-state index is 0.0587. The number of carbonyl (C=O) groups is 1. The molecule has 0 radical (unpaired) electrons. The molecule has 3 atom stereocenters. The topological polar surface area (TPSA) is 71.0 Å². The van der Waals surface area contributed by atoms with E-state index in [1.807, 2.05) is 0 Å².